The smallest absolute Gasteiger partial charge is 0.349 e. The number of benzene rings is 3. The lowest BCUT2D eigenvalue weighted by atomic mass is 10.0. The van der Waals surface area contributed by atoms with Crippen LogP contribution in [0, 0.1) is 20.2 Å². The number of anilines is 2. The molecule has 0 heterocycles. The van der Waals surface area contributed by atoms with Crippen LogP contribution in [0.15, 0.2) is 54.6 Å². The lowest BCUT2D eigenvalue weighted by molar-refractivity contribution is -0.393. The van der Waals surface area contributed by atoms with Crippen LogP contribution in [-0.4, -0.2) is 16.0 Å². The van der Waals surface area contributed by atoms with E-state index in [1.54, 1.807) is 30.3 Å². The van der Waals surface area contributed by atoms with Crippen LogP contribution in [0.1, 0.15) is 12.0 Å². The SMILES string of the molecule is O=[N+]([O-])c1cc(CCC(F)(F)F)c(Nc2cccc3ccccc23)c([N+](=O)[O-])c1. The Bertz CT molecular complexity index is 1090. The van der Waals surface area contributed by atoms with Crippen LogP contribution in [-0.2, 0) is 6.42 Å². The molecule has 3 aromatic rings. The zero-order valence-corrected chi connectivity index (χ0v) is 14.8. The molecule has 3 rings (SSSR count). The summed E-state index contributed by atoms with van der Waals surface area (Å²) in [6, 6.07) is 13.9. The third-order valence-corrected chi connectivity index (χ3v) is 4.32. The number of aryl methyl sites for hydroxylation is 1. The topological polar surface area (TPSA) is 98.3 Å². The molecule has 0 saturated heterocycles. The number of hydrogen-bond donors (Lipinski definition) is 1. The molecule has 0 aliphatic rings. The largest absolute Gasteiger partial charge is 0.389 e. The Morgan fingerprint density at radius 1 is 0.931 bits per heavy atom. The fourth-order valence-corrected chi connectivity index (χ4v) is 3.01. The van der Waals surface area contributed by atoms with Crippen molar-refractivity contribution in [3.8, 4) is 0 Å². The van der Waals surface area contributed by atoms with E-state index in [4.69, 9.17) is 0 Å². The number of alkyl halides is 3. The first kappa shape index (κ1) is 20.1. The van der Waals surface area contributed by atoms with Crippen LogP contribution in [0.25, 0.3) is 10.8 Å². The predicted molar refractivity (Wildman–Crippen MR) is 101 cm³/mol. The van der Waals surface area contributed by atoms with Crippen molar-refractivity contribution in [1.82, 2.24) is 0 Å². The second-order valence-electron chi connectivity index (χ2n) is 6.28. The summed E-state index contributed by atoms with van der Waals surface area (Å²) in [6.45, 7) is 0. The molecular formula is C19H14F3N3O4. The quantitative estimate of drug-likeness (QED) is 0.407. The average Bonchev–Trinajstić information content (AvgIpc) is 2.66. The summed E-state index contributed by atoms with van der Waals surface area (Å²) < 4.78 is 38.2. The van der Waals surface area contributed by atoms with Crippen molar-refractivity contribution < 1.29 is 23.0 Å². The highest BCUT2D eigenvalue weighted by Gasteiger charge is 2.30. The normalized spacial score (nSPS) is 11.4. The van der Waals surface area contributed by atoms with E-state index >= 15 is 0 Å². The van der Waals surface area contributed by atoms with Gasteiger partial charge in [-0.05, 0) is 23.4 Å². The molecule has 0 atom stereocenters. The molecule has 0 radical (unpaired) electrons. The number of fused-ring (bicyclic) bond motifs is 1. The Balaban J connectivity index is 2.16. The molecule has 0 bridgehead atoms. The first-order valence-electron chi connectivity index (χ1n) is 8.43. The van der Waals surface area contributed by atoms with Crippen LogP contribution >= 0.6 is 0 Å². The van der Waals surface area contributed by atoms with Gasteiger partial charge in [0.2, 0.25) is 0 Å². The molecule has 0 amide bonds. The predicted octanol–water partition coefficient (Wildman–Crippen LogP) is 5.89. The number of nitrogens with zero attached hydrogens (tertiary/aromatic N) is 2. The zero-order chi connectivity index (χ0) is 21.2. The number of halogens is 3. The standard InChI is InChI=1S/C19H14F3N3O4/c20-19(21,22)9-8-13-10-14(24(26)27)11-17(25(28)29)18(13)23-16-7-3-5-12-4-1-2-6-15(12)16/h1-7,10-11,23H,8-9H2. The van der Waals surface area contributed by atoms with Gasteiger partial charge in [0, 0.05) is 23.6 Å². The van der Waals surface area contributed by atoms with Crippen molar-refractivity contribution in [1.29, 1.82) is 0 Å². The van der Waals surface area contributed by atoms with E-state index in [1.165, 1.54) is 0 Å². The average molecular weight is 405 g/mol. The summed E-state index contributed by atoms with van der Waals surface area (Å²) in [5.74, 6) is 0. The molecule has 0 aliphatic carbocycles. The number of rotatable bonds is 6. The molecule has 150 valence electrons. The van der Waals surface area contributed by atoms with Gasteiger partial charge >= 0.3 is 6.18 Å². The van der Waals surface area contributed by atoms with Crippen LogP contribution in [0.4, 0.5) is 35.9 Å². The van der Waals surface area contributed by atoms with E-state index in [0.29, 0.717) is 11.1 Å². The van der Waals surface area contributed by atoms with Gasteiger partial charge in [0.15, 0.2) is 0 Å². The number of hydrogen-bond acceptors (Lipinski definition) is 5. The second kappa shape index (κ2) is 7.74. The molecule has 7 nitrogen and oxygen atoms in total. The first-order valence-corrected chi connectivity index (χ1v) is 8.43. The maximum atomic E-state index is 12.7. The molecule has 1 N–H and O–H groups in total. The number of non-ortho nitro benzene ring substituents is 1. The highest BCUT2D eigenvalue weighted by molar-refractivity contribution is 5.96. The summed E-state index contributed by atoms with van der Waals surface area (Å²) in [5, 5.41) is 27.0. The summed E-state index contributed by atoms with van der Waals surface area (Å²) in [4.78, 5) is 20.9. The Morgan fingerprint density at radius 3 is 2.28 bits per heavy atom. The summed E-state index contributed by atoms with van der Waals surface area (Å²) in [7, 11) is 0. The highest BCUT2D eigenvalue weighted by atomic mass is 19.4. The molecule has 0 aromatic heterocycles. The maximum Gasteiger partial charge on any atom is 0.389 e. The van der Waals surface area contributed by atoms with Gasteiger partial charge in [-0.25, -0.2) is 0 Å². The highest BCUT2D eigenvalue weighted by Crippen LogP contribution is 2.38. The van der Waals surface area contributed by atoms with Gasteiger partial charge in [0.1, 0.15) is 5.69 Å². The minimum absolute atomic E-state index is 0.156. The van der Waals surface area contributed by atoms with Crippen molar-refractivity contribution in [3.05, 3.63) is 80.4 Å². The lowest BCUT2D eigenvalue weighted by Gasteiger charge is -2.15. The zero-order valence-electron chi connectivity index (χ0n) is 14.8. The van der Waals surface area contributed by atoms with Crippen molar-refractivity contribution in [3.63, 3.8) is 0 Å². The monoisotopic (exact) mass is 405 g/mol. The van der Waals surface area contributed by atoms with Gasteiger partial charge in [0.25, 0.3) is 11.4 Å². The minimum atomic E-state index is -4.52. The Labute approximate surface area is 162 Å². The van der Waals surface area contributed by atoms with E-state index in [2.05, 4.69) is 5.32 Å². The van der Waals surface area contributed by atoms with Gasteiger partial charge < -0.3 is 5.32 Å². The van der Waals surface area contributed by atoms with Gasteiger partial charge in [-0.2, -0.15) is 13.2 Å². The second-order valence-corrected chi connectivity index (χ2v) is 6.28. The molecule has 0 unspecified atom stereocenters. The van der Waals surface area contributed by atoms with Crippen LogP contribution in [0.5, 0.6) is 0 Å². The third-order valence-electron chi connectivity index (χ3n) is 4.32. The van der Waals surface area contributed by atoms with Crippen LogP contribution in [0.3, 0.4) is 0 Å². The fraction of sp³-hybridized carbons (Fsp3) is 0.158. The van der Waals surface area contributed by atoms with Gasteiger partial charge in [-0.15, -0.1) is 0 Å². The van der Waals surface area contributed by atoms with E-state index in [-0.39, 0.29) is 11.3 Å². The van der Waals surface area contributed by atoms with E-state index < -0.39 is 40.2 Å². The summed E-state index contributed by atoms with van der Waals surface area (Å²) in [6.07, 6.45) is -6.43. The third kappa shape index (κ3) is 4.60. The minimum Gasteiger partial charge on any atom is -0.349 e. The van der Waals surface area contributed by atoms with Crippen molar-refractivity contribution in [2.45, 2.75) is 19.0 Å². The summed E-state index contributed by atoms with van der Waals surface area (Å²) in [5.41, 5.74) is -1.22. The van der Waals surface area contributed by atoms with Gasteiger partial charge in [-0.3, -0.25) is 20.2 Å². The van der Waals surface area contributed by atoms with Gasteiger partial charge in [-0.1, -0.05) is 36.4 Å². The molecule has 29 heavy (non-hydrogen) atoms. The van der Waals surface area contributed by atoms with Crippen molar-refractivity contribution >= 4 is 33.5 Å². The van der Waals surface area contributed by atoms with E-state index in [1.807, 2.05) is 12.1 Å². The number of nitro benzene ring substituents is 2. The Kier molecular flexibility index (Phi) is 5.35. The number of nitrogens with one attached hydrogen (secondary N) is 1. The lowest BCUT2D eigenvalue weighted by Crippen LogP contribution is -2.10. The Hall–Kier alpha value is -3.69. The van der Waals surface area contributed by atoms with Crippen LogP contribution < -0.4 is 5.32 Å². The van der Waals surface area contributed by atoms with Crippen molar-refractivity contribution in [2.24, 2.45) is 0 Å². The van der Waals surface area contributed by atoms with Crippen molar-refractivity contribution in [2.75, 3.05) is 5.32 Å². The fourth-order valence-electron chi connectivity index (χ4n) is 3.01. The molecule has 3 aromatic carbocycles. The van der Waals surface area contributed by atoms with Crippen LogP contribution in [0.2, 0.25) is 0 Å². The first-order chi connectivity index (χ1) is 13.7. The van der Waals surface area contributed by atoms with E-state index in [0.717, 1.165) is 17.5 Å². The van der Waals surface area contributed by atoms with Gasteiger partial charge in [0.05, 0.1) is 15.9 Å². The molecule has 10 heteroatoms. The van der Waals surface area contributed by atoms with E-state index in [9.17, 15) is 33.4 Å². The molecule has 0 aliphatic heterocycles. The molecule has 0 spiro atoms. The number of nitro groups is 2. The molecular weight excluding hydrogens is 391 g/mol. The molecule has 0 saturated carbocycles. The molecule has 0 fully saturated rings. The Morgan fingerprint density at radius 2 is 1.62 bits per heavy atom. The maximum absolute atomic E-state index is 12.7. The summed E-state index contributed by atoms with van der Waals surface area (Å²) >= 11 is 0.